The summed E-state index contributed by atoms with van der Waals surface area (Å²) in [6.45, 7) is 2.61. The summed E-state index contributed by atoms with van der Waals surface area (Å²) in [5.41, 5.74) is -1.04. The third kappa shape index (κ3) is 5.46. The molecule has 1 aromatic heterocycles. The van der Waals surface area contributed by atoms with E-state index in [1.54, 1.807) is 0 Å². The number of esters is 1. The van der Waals surface area contributed by atoms with Gasteiger partial charge in [-0.05, 0) is 6.92 Å². The number of nitrogens with one attached hydrogen (secondary N) is 1. The largest absolute Gasteiger partial charge is 0.490 e. The van der Waals surface area contributed by atoms with Gasteiger partial charge in [0.05, 0.1) is 6.10 Å². The molecule has 1 fully saturated rings. The van der Waals surface area contributed by atoms with Gasteiger partial charge in [0.25, 0.3) is 5.56 Å². The van der Waals surface area contributed by atoms with Gasteiger partial charge in [-0.1, -0.05) is 12.8 Å². The van der Waals surface area contributed by atoms with Crippen molar-refractivity contribution in [3.8, 4) is 11.8 Å². The molecule has 0 aliphatic carbocycles. The number of hydrogen-bond donors (Lipinski definition) is 1. The predicted octanol–water partition coefficient (Wildman–Crippen LogP) is 1.04. The van der Waals surface area contributed by atoms with Crippen molar-refractivity contribution in [2.45, 2.75) is 51.3 Å². The van der Waals surface area contributed by atoms with Crippen LogP contribution in [-0.4, -0.2) is 47.1 Å². The highest BCUT2D eigenvalue weighted by molar-refractivity contribution is 5.75. The fraction of sp³-hybridized carbons (Fsp3) is 0.588. The van der Waals surface area contributed by atoms with E-state index in [-0.39, 0.29) is 18.6 Å². The van der Waals surface area contributed by atoms with Gasteiger partial charge in [-0.15, -0.1) is 5.92 Å². The van der Waals surface area contributed by atoms with E-state index in [0.29, 0.717) is 6.42 Å². The number of alkyl halides is 3. The number of rotatable bonds is 5. The molecule has 1 N–H and O–H groups in total. The quantitative estimate of drug-likeness (QED) is 0.582. The zero-order valence-corrected chi connectivity index (χ0v) is 15.2. The molecule has 0 spiro atoms. The molecular weight excluding hydrogens is 385 g/mol. The van der Waals surface area contributed by atoms with E-state index in [1.165, 1.54) is 13.1 Å². The van der Waals surface area contributed by atoms with E-state index in [2.05, 4.69) is 21.6 Å². The Morgan fingerprint density at radius 3 is 2.75 bits per heavy atom. The van der Waals surface area contributed by atoms with Gasteiger partial charge >= 0.3 is 17.8 Å². The lowest BCUT2D eigenvalue weighted by atomic mass is 10.2. The second kappa shape index (κ2) is 9.07. The van der Waals surface area contributed by atoms with Crippen LogP contribution in [0.1, 0.15) is 31.6 Å². The number of carbonyl (C=O) groups excluding carboxylic acids is 1. The summed E-state index contributed by atoms with van der Waals surface area (Å²) >= 11 is 0. The monoisotopic (exact) mass is 404 g/mol. The van der Waals surface area contributed by atoms with Crippen molar-refractivity contribution < 1.29 is 32.2 Å². The zero-order valence-electron chi connectivity index (χ0n) is 15.2. The lowest BCUT2D eigenvalue weighted by molar-refractivity contribution is -0.204. The van der Waals surface area contributed by atoms with Crippen LogP contribution in [-0.2, 0) is 19.0 Å². The topological polar surface area (TPSA) is 99.6 Å². The van der Waals surface area contributed by atoms with Crippen molar-refractivity contribution in [3.05, 3.63) is 32.6 Å². The predicted molar refractivity (Wildman–Crippen MR) is 89.4 cm³/mol. The van der Waals surface area contributed by atoms with Crippen LogP contribution in [0.4, 0.5) is 13.2 Å². The van der Waals surface area contributed by atoms with Gasteiger partial charge in [0.2, 0.25) is 0 Å². The van der Waals surface area contributed by atoms with Gasteiger partial charge in [-0.2, -0.15) is 13.2 Å². The van der Waals surface area contributed by atoms with E-state index in [0.717, 1.165) is 4.57 Å². The zero-order chi connectivity index (χ0) is 20.9. The van der Waals surface area contributed by atoms with Gasteiger partial charge < -0.3 is 14.2 Å². The van der Waals surface area contributed by atoms with Crippen LogP contribution in [0.2, 0.25) is 0 Å². The highest BCUT2D eigenvalue weighted by Gasteiger charge is 2.43. The van der Waals surface area contributed by atoms with Crippen LogP contribution in [0.25, 0.3) is 0 Å². The lowest BCUT2D eigenvalue weighted by Crippen LogP contribution is -2.34. The molecule has 1 saturated heterocycles. The van der Waals surface area contributed by atoms with Crippen LogP contribution in [0.5, 0.6) is 0 Å². The minimum absolute atomic E-state index is 0.00213. The Kier molecular flexibility index (Phi) is 7.04. The molecule has 8 nitrogen and oxygen atoms in total. The number of ether oxygens (including phenoxy) is 3. The van der Waals surface area contributed by atoms with Crippen molar-refractivity contribution in [1.82, 2.24) is 9.55 Å². The first kappa shape index (κ1) is 21.7. The maximum Gasteiger partial charge on any atom is 0.490 e. The third-order valence-corrected chi connectivity index (χ3v) is 3.92. The van der Waals surface area contributed by atoms with E-state index >= 15 is 0 Å². The van der Waals surface area contributed by atoms with Crippen molar-refractivity contribution in [2.24, 2.45) is 0 Å². The molecule has 11 heteroatoms. The maximum absolute atomic E-state index is 12.3. The van der Waals surface area contributed by atoms with Crippen molar-refractivity contribution >= 4 is 5.97 Å². The van der Waals surface area contributed by atoms with Crippen molar-refractivity contribution in [1.29, 1.82) is 0 Å². The number of halogens is 3. The molecule has 0 unspecified atom stereocenters. The molecule has 1 aromatic rings. The molecule has 0 radical (unpaired) electrons. The molecule has 28 heavy (non-hydrogen) atoms. The van der Waals surface area contributed by atoms with Gasteiger partial charge in [-0.3, -0.25) is 14.3 Å². The van der Waals surface area contributed by atoms with Crippen LogP contribution >= 0.6 is 0 Å². The fourth-order valence-electron chi connectivity index (χ4n) is 2.56. The van der Waals surface area contributed by atoms with Gasteiger partial charge in [0.15, 0.2) is 0 Å². The summed E-state index contributed by atoms with van der Waals surface area (Å²) in [6, 6.07) is 0. The second-order valence-corrected chi connectivity index (χ2v) is 6.00. The molecule has 0 saturated carbocycles. The first-order chi connectivity index (χ1) is 13.1. The average Bonchev–Trinajstić information content (AvgIpc) is 3.01. The van der Waals surface area contributed by atoms with Gasteiger partial charge in [0, 0.05) is 24.6 Å². The Hall–Kier alpha value is -2.58. The minimum atomic E-state index is -5.13. The van der Waals surface area contributed by atoms with Crippen LogP contribution in [0, 0.1) is 18.8 Å². The number of carbonyl (C=O) groups is 1. The number of H-pyrrole nitrogens is 1. The molecule has 0 bridgehead atoms. The molecule has 1 aliphatic heterocycles. The SMILES string of the molecule is CCC#CCO[C@H]1C[C@H](n2cc(C)c(=O)[nH]c2=O)O[C@@H]1COC(=O)C(F)(F)F. The van der Waals surface area contributed by atoms with Crippen LogP contribution in [0.3, 0.4) is 0 Å². The average molecular weight is 404 g/mol. The smallest absolute Gasteiger partial charge is 0.456 e. The summed E-state index contributed by atoms with van der Waals surface area (Å²) < 4.78 is 53.5. The summed E-state index contributed by atoms with van der Waals surface area (Å²) in [7, 11) is 0. The Balaban J connectivity index is 2.16. The summed E-state index contributed by atoms with van der Waals surface area (Å²) in [6.07, 6.45) is -5.88. The van der Waals surface area contributed by atoms with Crippen molar-refractivity contribution in [2.75, 3.05) is 13.2 Å². The molecule has 154 valence electrons. The highest BCUT2D eigenvalue weighted by Crippen LogP contribution is 2.30. The van der Waals surface area contributed by atoms with E-state index in [1.807, 2.05) is 6.92 Å². The normalized spacial score (nSPS) is 21.8. The lowest BCUT2D eigenvalue weighted by Gasteiger charge is -2.18. The number of aromatic nitrogens is 2. The van der Waals surface area contributed by atoms with Crippen LogP contribution in [0.15, 0.2) is 15.8 Å². The Bertz CT molecular complexity index is 880. The van der Waals surface area contributed by atoms with E-state index in [4.69, 9.17) is 9.47 Å². The Morgan fingerprint density at radius 1 is 1.39 bits per heavy atom. The van der Waals surface area contributed by atoms with E-state index in [9.17, 15) is 27.6 Å². The minimum Gasteiger partial charge on any atom is -0.456 e. The number of aryl methyl sites for hydroxylation is 1. The summed E-state index contributed by atoms with van der Waals surface area (Å²) in [5, 5.41) is 0. The second-order valence-electron chi connectivity index (χ2n) is 6.00. The molecule has 0 aromatic carbocycles. The molecule has 0 amide bonds. The molecule has 1 aliphatic rings. The first-order valence-corrected chi connectivity index (χ1v) is 8.42. The number of nitrogens with zero attached hydrogens (tertiary/aromatic N) is 1. The van der Waals surface area contributed by atoms with Gasteiger partial charge in [-0.25, -0.2) is 9.59 Å². The molecule has 3 atom stereocenters. The fourth-order valence-corrected chi connectivity index (χ4v) is 2.56. The van der Waals surface area contributed by atoms with Gasteiger partial charge in [0.1, 0.15) is 25.5 Å². The number of aromatic amines is 1. The Labute approximate surface area is 157 Å². The molecular formula is C17H19F3N2O6. The Morgan fingerprint density at radius 2 is 2.11 bits per heavy atom. The summed E-state index contributed by atoms with van der Waals surface area (Å²) in [5.74, 6) is 3.15. The highest BCUT2D eigenvalue weighted by atomic mass is 19.4. The first-order valence-electron chi connectivity index (χ1n) is 8.42. The standard InChI is InChI=1S/C17H19F3N2O6/c1-3-4-5-6-26-11-7-13(22-8-10(2)14(23)21-16(22)25)28-12(11)9-27-15(24)17(18,19)20/h8,11-13H,3,6-7,9H2,1-2H3,(H,21,23,25)/t11-,12+,13+/m0/s1. The van der Waals surface area contributed by atoms with Crippen molar-refractivity contribution in [3.63, 3.8) is 0 Å². The summed E-state index contributed by atoms with van der Waals surface area (Å²) in [4.78, 5) is 36.6. The molecule has 2 rings (SSSR count). The maximum atomic E-state index is 12.3. The van der Waals surface area contributed by atoms with E-state index < -0.39 is 48.4 Å². The third-order valence-electron chi connectivity index (χ3n) is 3.92. The number of hydrogen-bond acceptors (Lipinski definition) is 6. The van der Waals surface area contributed by atoms with Crippen LogP contribution < -0.4 is 11.2 Å². The molecule has 2 heterocycles.